The summed E-state index contributed by atoms with van der Waals surface area (Å²) < 4.78 is 9.83. The summed E-state index contributed by atoms with van der Waals surface area (Å²) in [5.41, 5.74) is 2.91. The molecule has 0 bridgehead atoms. The standard InChI is InChI=1S/C20H27NO5/c1-4-13(2)18(20(24)25-3)21-17(22)12-26-19(23)16-10-9-14-7-5-6-8-15(14)11-16/h9-11,13,18H,4-8,12H2,1-3H3,(H,21,22). The van der Waals surface area contributed by atoms with Gasteiger partial charge in [0.1, 0.15) is 6.04 Å². The molecule has 6 heteroatoms. The number of methoxy groups -OCH3 is 1. The summed E-state index contributed by atoms with van der Waals surface area (Å²) >= 11 is 0. The van der Waals surface area contributed by atoms with Crippen molar-refractivity contribution in [1.29, 1.82) is 0 Å². The summed E-state index contributed by atoms with van der Waals surface area (Å²) in [6.07, 6.45) is 5.01. The average molecular weight is 361 g/mol. The molecule has 0 heterocycles. The lowest BCUT2D eigenvalue weighted by Gasteiger charge is -2.21. The first-order chi connectivity index (χ1) is 12.5. The molecule has 0 aliphatic heterocycles. The lowest BCUT2D eigenvalue weighted by Crippen LogP contribution is -2.47. The van der Waals surface area contributed by atoms with Gasteiger partial charge in [-0.3, -0.25) is 4.79 Å². The SMILES string of the molecule is CCC(C)C(NC(=O)COC(=O)c1ccc2c(c1)CCCC2)C(=O)OC. The molecule has 0 fully saturated rings. The van der Waals surface area contributed by atoms with Gasteiger partial charge in [-0.2, -0.15) is 0 Å². The van der Waals surface area contributed by atoms with Gasteiger partial charge in [0.2, 0.25) is 0 Å². The molecule has 26 heavy (non-hydrogen) atoms. The van der Waals surface area contributed by atoms with Crippen molar-refractivity contribution in [3.05, 3.63) is 34.9 Å². The Labute approximate surface area is 154 Å². The third kappa shape index (κ3) is 5.07. The van der Waals surface area contributed by atoms with Crippen molar-refractivity contribution in [1.82, 2.24) is 5.32 Å². The van der Waals surface area contributed by atoms with Gasteiger partial charge in [-0.15, -0.1) is 0 Å². The topological polar surface area (TPSA) is 81.7 Å². The number of hydrogen-bond donors (Lipinski definition) is 1. The monoisotopic (exact) mass is 361 g/mol. The van der Waals surface area contributed by atoms with Gasteiger partial charge >= 0.3 is 11.9 Å². The molecule has 1 aromatic carbocycles. The van der Waals surface area contributed by atoms with Gasteiger partial charge in [-0.05, 0) is 54.9 Å². The van der Waals surface area contributed by atoms with Gasteiger partial charge in [0, 0.05) is 0 Å². The van der Waals surface area contributed by atoms with E-state index in [0.717, 1.165) is 19.3 Å². The van der Waals surface area contributed by atoms with Crippen molar-refractivity contribution >= 4 is 17.8 Å². The highest BCUT2D eigenvalue weighted by Crippen LogP contribution is 2.22. The molecule has 0 saturated carbocycles. The first-order valence-electron chi connectivity index (χ1n) is 9.12. The highest BCUT2D eigenvalue weighted by atomic mass is 16.5. The van der Waals surface area contributed by atoms with E-state index in [1.165, 1.54) is 24.7 Å². The molecule has 0 radical (unpaired) electrons. The number of benzene rings is 1. The Morgan fingerprint density at radius 2 is 1.85 bits per heavy atom. The van der Waals surface area contributed by atoms with Gasteiger partial charge in [-0.1, -0.05) is 26.3 Å². The van der Waals surface area contributed by atoms with Crippen LogP contribution in [-0.2, 0) is 31.9 Å². The Bertz CT molecular complexity index is 670. The summed E-state index contributed by atoms with van der Waals surface area (Å²) in [5, 5.41) is 2.58. The van der Waals surface area contributed by atoms with E-state index >= 15 is 0 Å². The van der Waals surface area contributed by atoms with Crippen LogP contribution in [0.1, 0.15) is 54.6 Å². The molecule has 1 aromatic rings. The summed E-state index contributed by atoms with van der Waals surface area (Å²) in [7, 11) is 1.28. The van der Waals surface area contributed by atoms with E-state index in [4.69, 9.17) is 9.47 Å². The first kappa shape index (κ1) is 19.9. The largest absolute Gasteiger partial charge is 0.467 e. The Hall–Kier alpha value is -2.37. The number of amides is 1. The molecule has 2 unspecified atom stereocenters. The second kappa shape index (κ2) is 9.36. The highest BCUT2D eigenvalue weighted by Gasteiger charge is 2.27. The number of fused-ring (bicyclic) bond motifs is 1. The van der Waals surface area contributed by atoms with Crippen LogP contribution in [0.4, 0.5) is 0 Å². The number of nitrogens with one attached hydrogen (secondary N) is 1. The van der Waals surface area contributed by atoms with Gasteiger partial charge in [0.15, 0.2) is 6.61 Å². The van der Waals surface area contributed by atoms with Crippen LogP contribution in [0.25, 0.3) is 0 Å². The predicted octanol–water partition coefficient (Wildman–Crippen LogP) is 2.43. The quantitative estimate of drug-likeness (QED) is 0.754. The molecule has 1 N–H and O–H groups in total. The van der Waals surface area contributed by atoms with Gasteiger partial charge in [-0.25, -0.2) is 9.59 Å². The van der Waals surface area contributed by atoms with Crippen molar-refractivity contribution in [3.8, 4) is 0 Å². The fraction of sp³-hybridized carbons (Fsp3) is 0.550. The van der Waals surface area contributed by atoms with Crippen LogP contribution in [0, 0.1) is 5.92 Å². The lowest BCUT2D eigenvalue weighted by atomic mass is 9.90. The van der Waals surface area contributed by atoms with Crippen molar-refractivity contribution in [2.75, 3.05) is 13.7 Å². The summed E-state index contributed by atoms with van der Waals surface area (Å²) in [6.45, 7) is 3.34. The van der Waals surface area contributed by atoms with Crippen LogP contribution in [-0.4, -0.2) is 37.6 Å². The van der Waals surface area contributed by atoms with Gasteiger partial charge in [0.25, 0.3) is 5.91 Å². The van der Waals surface area contributed by atoms with E-state index in [1.807, 2.05) is 26.0 Å². The number of aryl methyl sites for hydroxylation is 2. The molecule has 1 aliphatic carbocycles. The minimum atomic E-state index is -0.750. The van der Waals surface area contributed by atoms with Crippen molar-refractivity contribution in [3.63, 3.8) is 0 Å². The summed E-state index contributed by atoms with van der Waals surface area (Å²) in [5.74, 6) is -1.64. The minimum Gasteiger partial charge on any atom is -0.467 e. The minimum absolute atomic E-state index is 0.0808. The molecule has 6 nitrogen and oxygen atoms in total. The van der Waals surface area contributed by atoms with Crippen LogP contribution in [0.2, 0.25) is 0 Å². The number of ether oxygens (including phenoxy) is 2. The summed E-state index contributed by atoms with van der Waals surface area (Å²) in [4.78, 5) is 36.1. The van der Waals surface area contributed by atoms with E-state index in [-0.39, 0.29) is 5.92 Å². The maximum absolute atomic E-state index is 12.2. The molecule has 142 valence electrons. The zero-order chi connectivity index (χ0) is 19.1. The number of hydrogen-bond acceptors (Lipinski definition) is 5. The number of rotatable bonds is 7. The Balaban J connectivity index is 1.91. The highest BCUT2D eigenvalue weighted by molar-refractivity contribution is 5.92. The lowest BCUT2D eigenvalue weighted by molar-refractivity contribution is -0.147. The van der Waals surface area contributed by atoms with Crippen molar-refractivity contribution in [2.24, 2.45) is 5.92 Å². The van der Waals surface area contributed by atoms with Crippen LogP contribution >= 0.6 is 0 Å². The van der Waals surface area contributed by atoms with Crippen molar-refractivity contribution in [2.45, 2.75) is 52.0 Å². The molecule has 1 aliphatic rings. The molecule has 2 atom stereocenters. The van der Waals surface area contributed by atoms with Crippen LogP contribution in [0.5, 0.6) is 0 Å². The number of carbonyl (C=O) groups is 3. The molecule has 1 amide bonds. The first-order valence-corrected chi connectivity index (χ1v) is 9.12. The van der Waals surface area contributed by atoms with E-state index in [2.05, 4.69) is 5.32 Å². The van der Waals surface area contributed by atoms with E-state index in [0.29, 0.717) is 12.0 Å². The molecule has 2 rings (SSSR count). The maximum Gasteiger partial charge on any atom is 0.338 e. The van der Waals surface area contributed by atoms with E-state index < -0.39 is 30.5 Å². The normalized spacial score (nSPS) is 15.3. The molecular formula is C20H27NO5. The zero-order valence-corrected chi connectivity index (χ0v) is 15.7. The third-order valence-electron chi connectivity index (χ3n) is 4.90. The zero-order valence-electron chi connectivity index (χ0n) is 15.7. The fourth-order valence-corrected chi connectivity index (χ4v) is 3.09. The Morgan fingerprint density at radius 3 is 2.50 bits per heavy atom. The smallest absolute Gasteiger partial charge is 0.338 e. The Kier molecular flexibility index (Phi) is 7.18. The molecular weight excluding hydrogens is 334 g/mol. The maximum atomic E-state index is 12.2. The molecule has 0 saturated heterocycles. The average Bonchev–Trinajstić information content (AvgIpc) is 2.68. The Morgan fingerprint density at radius 1 is 1.15 bits per heavy atom. The third-order valence-corrected chi connectivity index (χ3v) is 4.90. The molecule has 0 aromatic heterocycles. The summed E-state index contributed by atoms with van der Waals surface area (Å²) in [6, 6.07) is 4.80. The van der Waals surface area contributed by atoms with Crippen LogP contribution in [0.3, 0.4) is 0 Å². The van der Waals surface area contributed by atoms with Crippen molar-refractivity contribution < 1.29 is 23.9 Å². The number of esters is 2. The second-order valence-corrected chi connectivity index (χ2v) is 6.72. The predicted molar refractivity (Wildman–Crippen MR) is 96.8 cm³/mol. The van der Waals surface area contributed by atoms with Crippen LogP contribution < -0.4 is 5.32 Å². The van der Waals surface area contributed by atoms with E-state index in [1.54, 1.807) is 6.07 Å². The fourth-order valence-electron chi connectivity index (χ4n) is 3.09. The number of carbonyl (C=O) groups excluding carboxylic acids is 3. The van der Waals surface area contributed by atoms with Crippen LogP contribution in [0.15, 0.2) is 18.2 Å². The van der Waals surface area contributed by atoms with E-state index in [9.17, 15) is 14.4 Å². The van der Waals surface area contributed by atoms with Gasteiger partial charge < -0.3 is 14.8 Å². The second-order valence-electron chi connectivity index (χ2n) is 6.72. The molecule has 0 spiro atoms. The van der Waals surface area contributed by atoms with Gasteiger partial charge in [0.05, 0.1) is 12.7 Å².